The monoisotopic (exact) mass is 392 g/mol. The van der Waals surface area contributed by atoms with Gasteiger partial charge >= 0.3 is 0 Å². The van der Waals surface area contributed by atoms with Crippen molar-refractivity contribution in [3.8, 4) is 17.4 Å². The maximum absolute atomic E-state index is 10.8. The topological polar surface area (TPSA) is 74.5 Å². The highest BCUT2D eigenvalue weighted by molar-refractivity contribution is 8.02. The molecule has 10 heteroatoms. The molecule has 23 heavy (non-hydrogen) atoms. The number of benzene rings is 1. The summed E-state index contributed by atoms with van der Waals surface area (Å²) in [6, 6.07) is 4.02. The summed E-state index contributed by atoms with van der Waals surface area (Å²) < 4.78 is 10.8. The summed E-state index contributed by atoms with van der Waals surface area (Å²) in [4.78, 5) is 15.1. The van der Waals surface area contributed by atoms with E-state index < -0.39 is 4.92 Å². The fraction of sp³-hybridized carbons (Fsp3) is 0.154. The summed E-state index contributed by atoms with van der Waals surface area (Å²) in [6.07, 6.45) is 1.52. The molecule has 122 valence electrons. The van der Waals surface area contributed by atoms with E-state index in [1.807, 2.05) is 0 Å². The van der Waals surface area contributed by atoms with E-state index in [9.17, 15) is 10.1 Å². The molecule has 1 aromatic heterocycles. The Balaban J connectivity index is 2.36. The van der Waals surface area contributed by atoms with Crippen molar-refractivity contribution < 1.29 is 14.4 Å². The zero-order valence-corrected chi connectivity index (χ0v) is 15.3. The lowest BCUT2D eigenvalue weighted by atomic mass is 10.3. The molecule has 0 N–H and O–H groups in total. The van der Waals surface area contributed by atoms with Crippen molar-refractivity contribution >= 4 is 49.9 Å². The Hall–Kier alpha value is -1.27. The number of thioether (sulfide) groups is 1. The molecule has 1 atom stereocenters. The van der Waals surface area contributed by atoms with Gasteiger partial charge in [0.25, 0.3) is 5.69 Å². The molecule has 0 aliphatic carbocycles. The summed E-state index contributed by atoms with van der Waals surface area (Å²) in [7, 11) is 4.14. The predicted molar refractivity (Wildman–Crippen MR) is 94.4 cm³/mol. The minimum Gasteiger partial charge on any atom is -0.494 e. The molecular formula is C13H11Cl2N2O4PS. The van der Waals surface area contributed by atoms with Crippen LogP contribution < -0.4 is 9.47 Å². The van der Waals surface area contributed by atoms with Crippen LogP contribution in [0.1, 0.15) is 0 Å². The zero-order valence-electron chi connectivity index (χ0n) is 11.8. The van der Waals surface area contributed by atoms with Gasteiger partial charge in [0.15, 0.2) is 11.5 Å². The van der Waals surface area contributed by atoms with Gasteiger partial charge in [-0.1, -0.05) is 23.2 Å². The number of methoxy groups -OCH3 is 1. The molecule has 0 spiro atoms. The highest BCUT2D eigenvalue weighted by atomic mass is 35.5. The third-order valence-corrected chi connectivity index (χ3v) is 4.52. The molecule has 0 saturated heterocycles. The van der Waals surface area contributed by atoms with E-state index >= 15 is 0 Å². The molecule has 6 nitrogen and oxygen atoms in total. The van der Waals surface area contributed by atoms with E-state index in [1.165, 1.54) is 30.1 Å². The van der Waals surface area contributed by atoms with Crippen LogP contribution in [0.3, 0.4) is 0 Å². The number of non-ortho nitro benzene ring substituents is 1. The SMILES string of the molecule is COc1cnc(Oc2c(Cl)cc([N+](=O)[O-])cc2Cl)cc1SCP. The van der Waals surface area contributed by atoms with Crippen molar-refractivity contribution in [1.29, 1.82) is 0 Å². The van der Waals surface area contributed by atoms with Crippen LogP contribution in [0, 0.1) is 10.1 Å². The smallest absolute Gasteiger partial charge is 0.272 e. The quantitative estimate of drug-likeness (QED) is 0.297. The normalized spacial score (nSPS) is 10.4. The van der Waals surface area contributed by atoms with Crippen molar-refractivity contribution in [3.05, 3.63) is 44.6 Å². The number of nitrogens with zero attached hydrogens (tertiary/aromatic N) is 2. The van der Waals surface area contributed by atoms with Crippen LogP contribution in [-0.4, -0.2) is 22.5 Å². The lowest BCUT2D eigenvalue weighted by Crippen LogP contribution is -1.94. The van der Waals surface area contributed by atoms with E-state index in [-0.39, 0.29) is 27.4 Å². The molecule has 0 bridgehead atoms. The van der Waals surface area contributed by atoms with Gasteiger partial charge < -0.3 is 9.47 Å². The molecule has 1 heterocycles. The molecule has 0 amide bonds. The summed E-state index contributed by atoms with van der Waals surface area (Å²) in [6.45, 7) is 0. The predicted octanol–water partition coefficient (Wildman–Crippen LogP) is 5.02. The Labute approximate surface area is 148 Å². The van der Waals surface area contributed by atoms with Crippen LogP contribution in [-0.2, 0) is 0 Å². The standard InChI is InChI=1S/C13H11Cl2N2O4PS/c1-20-10-5-16-12(4-11(10)23-6-22)21-13-8(14)2-7(17(18)19)3-9(13)15/h2-5H,6,22H2,1H3. The number of pyridine rings is 1. The minimum absolute atomic E-state index is 0.0297. The molecule has 2 aromatic rings. The van der Waals surface area contributed by atoms with Crippen LogP contribution in [0.4, 0.5) is 5.69 Å². The second kappa shape index (κ2) is 8.02. The first-order valence-corrected chi connectivity index (χ1v) is 8.70. The highest BCUT2D eigenvalue weighted by Crippen LogP contribution is 2.40. The van der Waals surface area contributed by atoms with Gasteiger partial charge in [0, 0.05) is 23.7 Å². The zero-order chi connectivity index (χ0) is 17.0. The Bertz CT molecular complexity index is 725. The van der Waals surface area contributed by atoms with Gasteiger partial charge in [-0.25, -0.2) is 4.98 Å². The largest absolute Gasteiger partial charge is 0.494 e. The number of aromatic nitrogens is 1. The van der Waals surface area contributed by atoms with E-state index in [4.69, 9.17) is 32.7 Å². The van der Waals surface area contributed by atoms with E-state index in [0.29, 0.717) is 5.75 Å². The van der Waals surface area contributed by atoms with Crippen LogP contribution >= 0.6 is 44.2 Å². The summed E-state index contributed by atoms with van der Waals surface area (Å²) >= 11 is 13.6. The van der Waals surface area contributed by atoms with Crippen molar-refractivity contribution in [2.75, 3.05) is 12.6 Å². The van der Waals surface area contributed by atoms with Gasteiger partial charge in [0.05, 0.1) is 33.2 Å². The third kappa shape index (κ3) is 4.38. The Morgan fingerprint density at radius 1 is 1.35 bits per heavy atom. The lowest BCUT2D eigenvalue weighted by Gasteiger charge is -2.11. The fourth-order valence-corrected chi connectivity index (χ4v) is 3.41. The Kier molecular flexibility index (Phi) is 6.30. The van der Waals surface area contributed by atoms with Gasteiger partial charge in [-0.3, -0.25) is 10.1 Å². The molecular weight excluding hydrogens is 382 g/mol. The number of hydrogen-bond donors (Lipinski definition) is 0. The van der Waals surface area contributed by atoms with Crippen molar-refractivity contribution in [2.45, 2.75) is 4.90 Å². The number of rotatable bonds is 6. The lowest BCUT2D eigenvalue weighted by molar-refractivity contribution is -0.384. The maximum atomic E-state index is 10.8. The van der Waals surface area contributed by atoms with Crippen LogP contribution in [0.15, 0.2) is 29.3 Å². The molecule has 0 saturated carbocycles. The number of ether oxygens (including phenoxy) is 2. The Morgan fingerprint density at radius 3 is 2.52 bits per heavy atom. The average Bonchev–Trinajstić information content (AvgIpc) is 2.51. The molecule has 0 fully saturated rings. The number of nitro benzene ring substituents is 1. The van der Waals surface area contributed by atoms with Gasteiger partial charge in [0.2, 0.25) is 5.88 Å². The van der Waals surface area contributed by atoms with Crippen molar-refractivity contribution in [3.63, 3.8) is 0 Å². The number of nitro groups is 1. The molecule has 2 rings (SSSR count). The molecule has 0 radical (unpaired) electrons. The minimum atomic E-state index is -0.583. The molecule has 0 aliphatic heterocycles. The van der Waals surface area contributed by atoms with E-state index in [0.717, 1.165) is 10.4 Å². The van der Waals surface area contributed by atoms with Gasteiger partial charge in [-0.15, -0.1) is 21.0 Å². The van der Waals surface area contributed by atoms with Gasteiger partial charge in [0.1, 0.15) is 0 Å². The second-order valence-corrected chi connectivity index (χ2v) is 6.96. The average molecular weight is 393 g/mol. The molecule has 1 unspecified atom stereocenters. The summed E-state index contributed by atoms with van der Waals surface area (Å²) in [5, 5.41) is 10.8. The van der Waals surface area contributed by atoms with Gasteiger partial charge in [-0.2, -0.15) is 0 Å². The van der Waals surface area contributed by atoms with E-state index in [1.54, 1.807) is 13.2 Å². The van der Waals surface area contributed by atoms with E-state index in [2.05, 4.69) is 14.2 Å². The first-order chi connectivity index (χ1) is 11.0. The summed E-state index contributed by atoms with van der Waals surface area (Å²) in [5.41, 5.74) is 0.549. The number of hydrogen-bond acceptors (Lipinski definition) is 6. The van der Waals surface area contributed by atoms with Crippen molar-refractivity contribution in [1.82, 2.24) is 4.98 Å². The molecule has 0 aliphatic rings. The maximum Gasteiger partial charge on any atom is 0.272 e. The highest BCUT2D eigenvalue weighted by Gasteiger charge is 2.17. The second-order valence-electron chi connectivity index (χ2n) is 4.08. The first-order valence-electron chi connectivity index (χ1n) is 6.14. The van der Waals surface area contributed by atoms with Crippen molar-refractivity contribution in [2.24, 2.45) is 0 Å². The molecule has 1 aromatic carbocycles. The Morgan fingerprint density at radius 2 is 2.00 bits per heavy atom. The van der Waals surface area contributed by atoms with Gasteiger partial charge in [-0.05, 0) is 0 Å². The fourth-order valence-electron chi connectivity index (χ4n) is 1.67. The summed E-state index contributed by atoms with van der Waals surface area (Å²) in [5.74, 6) is 0.980. The number of halogens is 2. The van der Waals surface area contributed by atoms with Crippen LogP contribution in [0.2, 0.25) is 10.0 Å². The third-order valence-electron chi connectivity index (χ3n) is 2.67. The first kappa shape index (κ1) is 18.1. The van der Waals surface area contributed by atoms with Crippen LogP contribution in [0.25, 0.3) is 0 Å². The van der Waals surface area contributed by atoms with Crippen LogP contribution in [0.5, 0.6) is 17.4 Å².